The molecule has 1 rings (SSSR count). The van der Waals surface area contributed by atoms with Gasteiger partial charge in [0.15, 0.2) is 0 Å². The van der Waals surface area contributed by atoms with Crippen LogP contribution in [0.15, 0.2) is 12.1 Å². The maximum Gasteiger partial charge on any atom is 0.254 e. The molecule has 0 bridgehead atoms. The molecule has 0 aliphatic heterocycles. The molecule has 0 saturated heterocycles. The smallest absolute Gasteiger partial charge is 0.254 e. The number of amides is 1. The first-order chi connectivity index (χ1) is 8.99. The largest absolute Gasteiger partial charge is 0.370 e. The molecule has 1 aromatic rings. The van der Waals surface area contributed by atoms with Gasteiger partial charge in [-0.2, -0.15) is 0 Å². The van der Waals surface area contributed by atoms with E-state index in [0.29, 0.717) is 16.5 Å². The van der Waals surface area contributed by atoms with Crippen molar-refractivity contribution >= 4 is 23.3 Å². The molecule has 1 aromatic heterocycles. The summed E-state index contributed by atoms with van der Waals surface area (Å²) in [6.45, 7) is 6.87. The van der Waals surface area contributed by atoms with E-state index >= 15 is 0 Å². The molecule has 1 atom stereocenters. The first-order valence-corrected chi connectivity index (χ1v) is 7.06. The number of carbonyl (C=O) groups is 1. The number of hydrogen-bond acceptors (Lipinski definition) is 3. The number of anilines is 1. The molecule has 1 N–H and O–H groups in total. The summed E-state index contributed by atoms with van der Waals surface area (Å²) in [7, 11) is 1.82. The Morgan fingerprint density at radius 1 is 1.47 bits per heavy atom. The van der Waals surface area contributed by atoms with Crippen LogP contribution in [0, 0.1) is 0 Å². The van der Waals surface area contributed by atoms with E-state index in [4.69, 9.17) is 11.6 Å². The van der Waals surface area contributed by atoms with Gasteiger partial charge in [0.1, 0.15) is 11.0 Å². The molecule has 0 radical (unpaired) electrons. The van der Waals surface area contributed by atoms with Crippen LogP contribution in [0.5, 0.6) is 0 Å². The fourth-order valence-electron chi connectivity index (χ4n) is 1.91. The van der Waals surface area contributed by atoms with Crippen molar-refractivity contribution < 1.29 is 4.79 Å². The first kappa shape index (κ1) is 15.8. The molecule has 5 heteroatoms. The molecular formula is C14H22ClN3O. The number of pyridine rings is 1. The van der Waals surface area contributed by atoms with Gasteiger partial charge in [0.2, 0.25) is 0 Å². The summed E-state index contributed by atoms with van der Waals surface area (Å²) in [4.78, 5) is 18.3. The van der Waals surface area contributed by atoms with Crippen LogP contribution >= 0.6 is 11.6 Å². The highest BCUT2D eigenvalue weighted by Crippen LogP contribution is 2.17. The standard InChI is InChI=1S/C14H22ClN3O/c1-5-7-10(3)18(4)14(19)11-8-12(15)17-13(9-11)16-6-2/h8-10H,5-7H2,1-4H3,(H,16,17). The van der Waals surface area contributed by atoms with Gasteiger partial charge >= 0.3 is 0 Å². The van der Waals surface area contributed by atoms with E-state index in [1.54, 1.807) is 17.0 Å². The molecule has 0 aliphatic rings. The highest BCUT2D eigenvalue weighted by Gasteiger charge is 2.18. The summed E-state index contributed by atoms with van der Waals surface area (Å²) >= 11 is 5.95. The van der Waals surface area contributed by atoms with Crippen LogP contribution in [0.2, 0.25) is 5.15 Å². The molecule has 0 spiro atoms. The first-order valence-electron chi connectivity index (χ1n) is 6.68. The van der Waals surface area contributed by atoms with Crippen LogP contribution in [0.3, 0.4) is 0 Å². The maximum atomic E-state index is 12.4. The van der Waals surface area contributed by atoms with Crippen LogP contribution < -0.4 is 5.32 Å². The average molecular weight is 284 g/mol. The monoisotopic (exact) mass is 283 g/mol. The van der Waals surface area contributed by atoms with E-state index < -0.39 is 0 Å². The topological polar surface area (TPSA) is 45.2 Å². The van der Waals surface area contributed by atoms with Gasteiger partial charge in [-0.15, -0.1) is 0 Å². The van der Waals surface area contributed by atoms with E-state index in [1.807, 2.05) is 14.0 Å². The third-order valence-electron chi connectivity index (χ3n) is 3.09. The van der Waals surface area contributed by atoms with Crippen molar-refractivity contribution in [2.24, 2.45) is 0 Å². The van der Waals surface area contributed by atoms with Gasteiger partial charge in [0.25, 0.3) is 5.91 Å². The van der Waals surface area contributed by atoms with Crippen molar-refractivity contribution in [1.29, 1.82) is 0 Å². The predicted octanol–water partition coefficient (Wildman–Crippen LogP) is 3.43. The van der Waals surface area contributed by atoms with Crippen LogP contribution in [0.25, 0.3) is 0 Å². The number of hydrogen-bond donors (Lipinski definition) is 1. The Balaban J connectivity index is 2.92. The zero-order valence-electron chi connectivity index (χ0n) is 12.0. The summed E-state index contributed by atoms with van der Waals surface area (Å²) in [6.07, 6.45) is 2.04. The Bertz CT molecular complexity index is 437. The van der Waals surface area contributed by atoms with Gasteiger partial charge in [0.05, 0.1) is 0 Å². The number of rotatable bonds is 6. The third-order valence-corrected chi connectivity index (χ3v) is 3.28. The van der Waals surface area contributed by atoms with Crippen LogP contribution in [-0.2, 0) is 0 Å². The Labute approximate surface area is 120 Å². The lowest BCUT2D eigenvalue weighted by atomic mass is 10.1. The Kier molecular flexibility index (Phi) is 6.09. The molecule has 106 valence electrons. The molecule has 1 heterocycles. The number of nitrogens with zero attached hydrogens (tertiary/aromatic N) is 2. The number of nitrogens with one attached hydrogen (secondary N) is 1. The van der Waals surface area contributed by atoms with E-state index in [1.165, 1.54) is 0 Å². The second-order valence-corrected chi connectivity index (χ2v) is 5.04. The molecule has 0 fully saturated rings. The molecule has 0 aromatic carbocycles. The molecule has 1 unspecified atom stereocenters. The highest BCUT2D eigenvalue weighted by molar-refractivity contribution is 6.29. The minimum absolute atomic E-state index is 0.0237. The van der Waals surface area contributed by atoms with Crippen molar-refractivity contribution in [1.82, 2.24) is 9.88 Å². The van der Waals surface area contributed by atoms with Crippen molar-refractivity contribution in [3.63, 3.8) is 0 Å². The van der Waals surface area contributed by atoms with Gasteiger partial charge in [-0.3, -0.25) is 4.79 Å². The predicted molar refractivity (Wildman–Crippen MR) is 79.9 cm³/mol. The quantitative estimate of drug-likeness (QED) is 0.814. The molecule has 0 saturated carbocycles. The normalized spacial score (nSPS) is 12.1. The van der Waals surface area contributed by atoms with Crippen LogP contribution in [0.1, 0.15) is 44.0 Å². The Morgan fingerprint density at radius 3 is 2.74 bits per heavy atom. The summed E-state index contributed by atoms with van der Waals surface area (Å²) in [5, 5.41) is 3.40. The lowest BCUT2D eigenvalue weighted by Crippen LogP contribution is -2.35. The molecule has 19 heavy (non-hydrogen) atoms. The van der Waals surface area contributed by atoms with Crippen molar-refractivity contribution in [2.75, 3.05) is 18.9 Å². The lowest BCUT2D eigenvalue weighted by molar-refractivity contribution is 0.0736. The van der Waals surface area contributed by atoms with Gasteiger partial charge in [-0.25, -0.2) is 4.98 Å². The van der Waals surface area contributed by atoms with Gasteiger partial charge in [-0.1, -0.05) is 24.9 Å². The highest BCUT2D eigenvalue weighted by atomic mass is 35.5. The summed E-state index contributed by atoms with van der Waals surface area (Å²) in [5.74, 6) is 0.610. The summed E-state index contributed by atoms with van der Waals surface area (Å²) < 4.78 is 0. The fourth-order valence-corrected chi connectivity index (χ4v) is 2.12. The third kappa shape index (κ3) is 4.39. The van der Waals surface area contributed by atoms with Gasteiger partial charge in [-0.05, 0) is 32.4 Å². The van der Waals surface area contributed by atoms with Crippen molar-refractivity contribution in [3.8, 4) is 0 Å². The van der Waals surface area contributed by atoms with Gasteiger partial charge < -0.3 is 10.2 Å². The van der Waals surface area contributed by atoms with E-state index in [2.05, 4.69) is 24.1 Å². The SMILES string of the molecule is CCCC(C)N(C)C(=O)c1cc(Cl)nc(NCC)c1. The molecule has 1 amide bonds. The Morgan fingerprint density at radius 2 is 2.16 bits per heavy atom. The van der Waals surface area contributed by atoms with E-state index in [-0.39, 0.29) is 11.9 Å². The molecule has 0 aliphatic carbocycles. The summed E-state index contributed by atoms with van der Waals surface area (Å²) in [6, 6.07) is 3.57. The fraction of sp³-hybridized carbons (Fsp3) is 0.571. The number of aromatic nitrogens is 1. The van der Waals surface area contributed by atoms with Crippen molar-refractivity contribution in [3.05, 3.63) is 22.8 Å². The second kappa shape index (κ2) is 7.34. The van der Waals surface area contributed by atoms with Crippen LogP contribution in [0.4, 0.5) is 5.82 Å². The zero-order valence-corrected chi connectivity index (χ0v) is 12.8. The average Bonchev–Trinajstić information content (AvgIpc) is 2.37. The number of halogens is 1. The minimum atomic E-state index is -0.0237. The van der Waals surface area contributed by atoms with Crippen molar-refractivity contribution in [2.45, 2.75) is 39.7 Å². The lowest BCUT2D eigenvalue weighted by Gasteiger charge is -2.25. The van der Waals surface area contributed by atoms with Gasteiger partial charge in [0, 0.05) is 25.2 Å². The molecule has 4 nitrogen and oxygen atoms in total. The van der Waals surface area contributed by atoms with E-state index in [0.717, 1.165) is 19.4 Å². The summed E-state index contributed by atoms with van der Waals surface area (Å²) in [5.41, 5.74) is 0.571. The second-order valence-electron chi connectivity index (χ2n) is 4.65. The minimum Gasteiger partial charge on any atom is -0.370 e. The maximum absolute atomic E-state index is 12.4. The number of carbonyl (C=O) groups excluding carboxylic acids is 1. The zero-order chi connectivity index (χ0) is 14.4. The molecular weight excluding hydrogens is 262 g/mol. The Hall–Kier alpha value is -1.29. The van der Waals surface area contributed by atoms with Crippen LogP contribution in [-0.4, -0.2) is 35.4 Å². The van der Waals surface area contributed by atoms with E-state index in [9.17, 15) is 4.79 Å².